The third-order valence-electron chi connectivity index (χ3n) is 4.24. The highest BCUT2D eigenvalue weighted by atomic mass is 16.2. The maximum atomic E-state index is 11.1. The fraction of sp³-hybridized carbons (Fsp3) is 0.667. The molecular formula is C15H24N2O. The minimum absolute atomic E-state index is 0.426. The quantitative estimate of drug-likeness (QED) is 0.772. The summed E-state index contributed by atoms with van der Waals surface area (Å²) in [5.74, 6) is 1.52. The van der Waals surface area contributed by atoms with Crippen LogP contribution in [0.25, 0.3) is 0 Å². The molecule has 2 aliphatic rings. The van der Waals surface area contributed by atoms with Gasteiger partial charge in [0.05, 0.1) is 0 Å². The summed E-state index contributed by atoms with van der Waals surface area (Å²) in [6, 6.07) is -0.426. The molecule has 2 amide bonds. The molecule has 2 aliphatic carbocycles. The predicted molar refractivity (Wildman–Crippen MR) is 73.9 cm³/mol. The van der Waals surface area contributed by atoms with E-state index in [0.29, 0.717) is 0 Å². The Balaban J connectivity index is 2.22. The average Bonchev–Trinajstić information content (AvgIpc) is 2.50. The Kier molecular flexibility index (Phi) is 4.10. The molecule has 3 N–H and O–H groups in total. The molecule has 1 saturated carbocycles. The summed E-state index contributed by atoms with van der Waals surface area (Å²) in [6.45, 7) is 4.61. The molecule has 0 saturated heterocycles. The van der Waals surface area contributed by atoms with Crippen molar-refractivity contribution in [1.29, 1.82) is 0 Å². The van der Waals surface area contributed by atoms with Crippen LogP contribution in [0.2, 0.25) is 0 Å². The van der Waals surface area contributed by atoms with Gasteiger partial charge < -0.3 is 11.1 Å². The maximum Gasteiger partial charge on any atom is 0.316 e. The number of allylic oxidation sites excluding steroid dienone is 4. The highest BCUT2D eigenvalue weighted by Crippen LogP contribution is 2.40. The second kappa shape index (κ2) is 5.59. The fourth-order valence-electron chi connectivity index (χ4n) is 3.11. The van der Waals surface area contributed by atoms with Crippen LogP contribution in [0.1, 0.15) is 52.4 Å². The SMILES string of the molecule is CC(C)C1CCC2=C(NC(N)=O)CCCC=C2C1. The Hall–Kier alpha value is -1.25. The second-order valence-corrected chi connectivity index (χ2v) is 5.81. The van der Waals surface area contributed by atoms with Crippen LogP contribution in [0.4, 0.5) is 4.79 Å². The Morgan fingerprint density at radius 1 is 1.44 bits per heavy atom. The van der Waals surface area contributed by atoms with E-state index in [-0.39, 0.29) is 0 Å². The van der Waals surface area contributed by atoms with Gasteiger partial charge in [0, 0.05) is 5.70 Å². The van der Waals surface area contributed by atoms with Crippen molar-refractivity contribution >= 4 is 6.03 Å². The summed E-state index contributed by atoms with van der Waals surface area (Å²) in [5, 5.41) is 2.84. The average molecular weight is 248 g/mol. The lowest BCUT2D eigenvalue weighted by molar-refractivity contribution is 0.250. The number of primary amides is 1. The van der Waals surface area contributed by atoms with Gasteiger partial charge in [-0.2, -0.15) is 0 Å². The number of carbonyl (C=O) groups excluding carboxylic acids is 1. The zero-order chi connectivity index (χ0) is 13.1. The van der Waals surface area contributed by atoms with E-state index in [2.05, 4.69) is 25.2 Å². The Labute approximate surface area is 110 Å². The summed E-state index contributed by atoms with van der Waals surface area (Å²) in [4.78, 5) is 11.1. The van der Waals surface area contributed by atoms with Gasteiger partial charge in [0.2, 0.25) is 0 Å². The van der Waals surface area contributed by atoms with Gasteiger partial charge in [-0.3, -0.25) is 0 Å². The molecule has 0 aromatic rings. The van der Waals surface area contributed by atoms with Crippen molar-refractivity contribution in [2.75, 3.05) is 0 Å². The van der Waals surface area contributed by atoms with Gasteiger partial charge >= 0.3 is 6.03 Å². The van der Waals surface area contributed by atoms with E-state index >= 15 is 0 Å². The number of amides is 2. The van der Waals surface area contributed by atoms with Gasteiger partial charge in [0.25, 0.3) is 0 Å². The van der Waals surface area contributed by atoms with Crippen LogP contribution in [0, 0.1) is 11.8 Å². The molecule has 1 fully saturated rings. The van der Waals surface area contributed by atoms with Crippen LogP contribution < -0.4 is 11.1 Å². The first kappa shape index (κ1) is 13.2. The van der Waals surface area contributed by atoms with E-state index in [4.69, 9.17) is 5.73 Å². The van der Waals surface area contributed by atoms with Gasteiger partial charge in [-0.15, -0.1) is 0 Å². The highest BCUT2D eigenvalue weighted by Gasteiger charge is 2.26. The molecule has 100 valence electrons. The van der Waals surface area contributed by atoms with Crippen LogP contribution in [0.15, 0.2) is 22.9 Å². The molecule has 0 aromatic carbocycles. The predicted octanol–water partition coefficient (Wildman–Crippen LogP) is 3.48. The number of urea groups is 1. The summed E-state index contributed by atoms with van der Waals surface area (Å²) in [7, 11) is 0. The molecule has 3 heteroatoms. The first-order chi connectivity index (χ1) is 8.58. The number of rotatable bonds is 2. The van der Waals surface area contributed by atoms with Crippen molar-refractivity contribution in [3.63, 3.8) is 0 Å². The molecule has 0 aliphatic heterocycles. The number of nitrogens with two attached hydrogens (primary N) is 1. The molecular weight excluding hydrogens is 224 g/mol. The van der Waals surface area contributed by atoms with E-state index in [9.17, 15) is 4.79 Å². The Morgan fingerprint density at radius 2 is 2.22 bits per heavy atom. The second-order valence-electron chi connectivity index (χ2n) is 5.81. The monoisotopic (exact) mass is 248 g/mol. The number of nitrogens with one attached hydrogen (secondary N) is 1. The summed E-state index contributed by atoms with van der Waals surface area (Å²) >= 11 is 0. The van der Waals surface area contributed by atoms with Gasteiger partial charge in [0.15, 0.2) is 0 Å². The third kappa shape index (κ3) is 2.95. The van der Waals surface area contributed by atoms with Crippen LogP contribution in [-0.2, 0) is 0 Å². The van der Waals surface area contributed by atoms with E-state index in [0.717, 1.165) is 49.6 Å². The van der Waals surface area contributed by atoms with Gasteiger partial charge in [-0.25, -0.2) is 4.79 Å². The maximum absolute atomic E-state index is 11.1. The number of hydrogen-bond acceptors (Lipinski definition) is 1. The zero-order valence-corrected chi connectivity index (χ0v) is 11.5. The lowest BCUT2D eigenvalue weighted by Gasteiger charge is -2.30. The Bertz CT molecular complexity index is 393. The Morgan fingerprint density at radius 3 is 2.89 bits per heavy atom. The fourth-order valence-corrected chi connectivity index (χ4v) is 3.11. The van der Waals surface area contributed by atoms with Crippen LogP contribution in [0.5, 0.6) is 0 Å². The molecule has 0 heterocycles. The van der Waals surface area contributed by atoms with E-state index < -0.39 is 6.03 Å². The van der Waals surface area contributed by atoms with Crippen molar-refractivity contribution in [3.05, 3.63) is 22.9 Å². The standard InChI is InChI=1S/C15H24N2O/c1-10(2)11-7-8-13-12(9-11)5-3-4-6-14(13)17-15(16)18/h5,10-11H,3-4,6-9H2,1-2H3,(H3,16,17,18). The van der Waals surface area contributed by atoms with Crippen LogP contribution >= 0.6 is 0 Å². The van der Waals surface area contributed by atoms with Crippen LogP contribution in [0.3, 0.4) is 0 Å². The zero-order valence-electron chi connectivity index (χ0n) is 11.5. The molecule has 0 bridgehead atoms. The molecule has 0 aromatic heterocycles. The molecule has 0 spiro atoms. The number of fused-ring (bicyclic) bond motifs is 1. The van der Waals surface area contributed by atoms with E-state index in [1.807, 2.05) is 0 Å². The van der Waals surface area contributed by atoms with Gasteiger partial charge in [-0.05, 0) is 61.5 Å². The molecule has 1 unspecified atom stereocenters. The largest absolute Gasteiger partial charge is 0.351 e. The van der Waals surface area contributed by atoms with Crippen molar-refractivity contribution in [1.82, 2.24) is 5.32 Å². The van der Waals surface area contributed by atoms with E-state index in [1.165, 1.54) is 17.6 Å². The van der Waals surface area contributed by atoms with Crippen molar-refractivity contribution in [2.24, 2.45) is 17.6 Å². The lowest BCUT2D eigenvalue weighted by Crippen LogP contribution is -2.30. The molecule has 1 atom stereocenters. The number of hydrogen-bond donors (Lipinski definition) is 2. The third-order valence-corrected chi connectivity index (χ3v) is 4.24. The van der Waals surface area contributed by atoms with Crippen molar-refractivity contribution in [3.8, 4) is 0 Å². The molecule has 3 nitrogen and oxygen atoms in total. The molecule has 18 heavy (non-hydrogen) atoms. The molecule has 0 radical (unpaired) electrons. The smallest absolute Gasteiger partial charge is 0.316 e. The topological polar surface area (TPSA) is 55.1 Å². The summed E-state index contributed by atoms with van der Waals surface area (Å²) in [5.41, 5.74) is 9.17. The minimum atomic E-state index is -0.426. The first-order valence-electron chi connectivity index (χ1n) is 7.05. The van der Waals surface area contributed by atoms with E-state index in [1.54, 1.807) is 0 Å². The van der Waals surface area contributed by atoms with Gasteiger partial charge in [0.1, 0.15) is 0 Å². The van der Waals surface area contributed by atoms with Crippen LogP contribution in [-0.4, -0.2) is 6.03 Å². The summed E-state index contributed by atoms with van der Waals surface area (Å²) < 4.78 is 0. The number of carbonyl (C=O) groups is 1. The first-order valence-corrected chi connectivity index (χ1v) is 7.05. The van der Waals surface area contributed by atoms with Crippen molar-refractivity contribution < 1.29 is 4.79 Å². The molecule has 2 rings (SSSR count). The minimum Gasteiger partial charge on any atom is -0.351 e. The van der Waals surface area contributed by atoms with Gasteiger partial charge in [-0.1, -0.05) is 19.9 Å². The summed E-state index contributed by atoms with van der Waals surface area (Å²) in [6.07, 6.45) is 9.03. The lowest BCUT2D eigenvalue weighted by atomic mass is 9.76. The van der Waals surface area contributed by atoms with Crippen molar-refractivity contribution in [2.45, 2.75) is 52.4 Å². The highest BCUT2D eigenvalue weighted by molar-refractivity contribution is 5.74. The normalized spacial score (nSPS) is 24.4.